The van der Waals surface area contributed by atoms with Crippen LogP contribution in [0.5, 0.6) is 0 Å². The lowest BCUT2D eigenvalue weighted by molar-refractivity contribution is -0.130. The molecule has 1 aromatic rings. The van der Waals surface area contributed by atoms with E-state index in [4.69, 9.17) is 5.73 Å². The number of carbonyl (C=O) groups excluding carboxylic acids is 1. The summed E-state index contributed by atoms with van der Waals surface area (Å²) in [6.45, 7) is 3.08. The molecule has 0 aliphatic carbocycles. The topological polar surface area (TPSA) is 66.6 Å². The van der Waals surface area contributed by atoms with Crippen molar-refractivity contribution in [1.82, 2.24) is 4.90 Å². The first-order valence-electron chi connectivity index (χ1n) is 6.35. The standard InChI is InChI=1S/C14H20N2O2/c1-10-4-2-3-5-12(10)13(15)8-14(18)16-7-6-11(17)9-16/h2-5,11,13,17H,6-9,15H2,1H3/t11-,13-/m0/s1. The number of nitrogens with zero attached hydrogens (tertiary/aromatic N) is 1. The van der Waals surface area contributed by atoms with Crippen LogP contribution in [0.3, 0.4) is 0 Å². The van der Waals surface area contributed by atoms with Crippen LogP contribution < -0.4 is 5.73 Å². The van der Waals surface area contributed by atoms with Gasteiger partial charge in [0.15, 0.2) is 0 Å². The normalized spacial score (nSPS) is 21.1. The summed E-state index contributed by atoms with van der Waals surface area (Å²) >= 11 is 0. The third-order valence-corrected chi connectivity index (χ3v) is 3.50. The number of rotatable bonds is 3. The van der Waals surface area contributed by atoms with Crippen LogP contribution >= 0.6 is 0 Å². The van der Waals surface area contributed by atoms with Crippen LogP contribution in [0.25, 0.3) is 0 Å². The summed E-state index contributed by atoms with van der Waals surface area (Å²) in [6, 6.07) is 7.60. The van der Waals surface area contributed by atoms with Crippen LogP contribution in [-0.2, 0) is 4.79 Å². The summed E-state index contributed by atoms with van der Waals surface area (Å²) in [7, 11) is 0. The molecule has 1 aromatic carbocycles. The molecule has 1 aliphatic heterocycles. The van der Waals surface area contributed by atoms with Gasteiger partial charge in [0, 0.05) is 25.6 Å². The van der Waals surface area contributed by atoms with Gasteiger partial charge >= 0.3 is 0 Å². The first-order valence-corrected chi connectivity index (χ1v) is 6.35. The third kappa shape index (κ3) is 2.89. The molecule has 0 radical (unpaired) electrons. The van der Waals surface area contributed by atoms with E-state index < -0.39 is 0 Å². The van der Waals surface area contributed by atoms with Gasteiger partial charge in [-0.15, -0.1) is 0 Å². The molecule has 3 N–H and O–H groups in total. The van der Waals surface area contributed by atoms with Gasteiger partial charge in [-0.3, -0.25) is 4.79 Å². The summed E-state index contributed by atoms with van der Waals surface area (Å²) in [5.41, 5.74) is 8.22. The quantitative estimate of drug-likeness (QED) is 0.838. The first kappa shape index (κ1) is 13.1. The molecular weight excluding hydrogens is 228 g/mol. The molecule has 98 valence electrons. The van der Waals surface area contributed by atoms with E-state index in [1.54, 1.807) is 4.90 Å². The predicted octanol–water partition coefficient (Wildman–Crippen LogP) is 0.978. The Kier molecular flexibility index (Phi) is 3.99. The molecule has 1 amide bonds. The Hall–Kier alpha value is -1.39. The van der Waals surface area contributed by atoms with Crippen molar-refractivity contribution in [3.63, 3.8) is 0 Å². The van der Waals surface area contributed by atoms with Gasteiger partial charge in [-0.1, -0.05) is 24.3 Å². The van der Waals surface area contributed by atoms with E-state index in [-0.39, 0.29) is 18.1 Å². The molecule has 0 unspecified atom stereocenters. The molecule has 4 heteroatoms. The van der Waals surface area contributed by atoms with Crippen LogP contribution in [-0.4, -0.2) is 35.1 Å². The average molecular weight is 248 g/mol. The molecule has 0 bridgehead atoms. The highest BCUT2D eigenvalue weighted by Gasteiger charge is 2.26. The van der Waals surface area contributed by atoms with E-state index in [1.165, 1.54) is 0 Å². The Morgan fingerprint density at radius 3 is 2.89 bits per heavy atom. The minimum absolute atomic E-state index is 0.0299. The van der Waals surface area contributed by atoms with Crippen LogP contribution in [0.1, 0.15) is 30.0 Å². The van der Waals surface area contributed by atoms with Gasteiger partial charge in [-0.25, -0.2) is 0 Å². The summed E-state index contributed by atoms with van der Waals surface area (Å²) in [6.07, 6.45) is 0.603. The number of aliphatic hydroxyl groups is 1. The van der Waals surface area contributed by atoms with Crippen LogP contribution in [0.15, 0.2) is 24.3 Å². The molecule has 2 atom stereocenters. The largest absolute Gasteiger partial charge is 0.391 e. The van der Waals surface area contributed by atoms with Crippen molar-refractivity contribution in [2.24, 2.45) is 5.73 Å². The van der Waals surface area contributed by atoms with Crippen LogP contribution in [0.4, 0.5) is 0 Å². The number of carbonyl (C=O) groups is 1. The smallest absolute Gasteiger partial charge is 0.224 e. The Bertz CT molecular complexity index is 434. The molecule has 4 nitrogen and oxygen atoms in total. The number of nitrogens with two attached hydrogens (primary N) is 1. The lowest BCUT2D eigenvalue weighted by Gasteiger charge is -2.19. The average Bonchev–Trinajstić information content (AvgIpc) is 2.76. The maximum atomic E-state index is 12.0. The van der Waals surface area contributed by atoms with Crippen molar-refractivity contribution in [2.45, 2.75) is 31.9 Å². The second kappa shape index (κ2) is 5.50. The summed E-state index contributed by atoms with van der Waals surface area (Å²) in [5, 5.41) is 9.42. The monoisotopic (exact) mass is 248 g/mol. The number of benzene rings is 1. The van der Waals surface area contributed by atoms with E-state index >= 15 is 0 Å². The van der Waals surface area contributed by atoms with E-state index in [0.29, 0.717) is 25.9 Å². The summed E-state index contributed by atoms with van der Waals surface area (Å²) in [5.74, 6) is 0.0299. The Labute approximate surface area is 107 Å². The van der Waals surface area contributed by atoms with Gasteiger partial charge in [-0.05, 0) is 24.5 Å². The second-order valence-electron chi connectivity index (χ2n) is 4.95. The van der Waals surface area contributed by atoms with Gasteiger partial charge in [0.1, 0.15) is 0 Å². The van der Waals surface area contributed by atoms with Crippen molar-refractivity contribution in [1.29, 1.82) is 0 Å². The highest BCUT2D eigenvalue weighted by Crippen LogP contribution is 2.20. The van der Waals surface area contributed by atoms with E-state index in [0.717, 1.165) is 11.1 Å². The zero-order valence-electron chi connectivity index (χ0n) is 10.7. The lowest BCUT2D eigenvalue weighted by atomic mass is 9.99. The number of hydrogen-bond acceptors (Lipinski definition) is 3. The molecule has 1 saturated heterocycles. The van der Waals surface area contributed by atoms with Gasteiger partial charge in [0.25, 0.3) is 0 Å². The second-order valence-corrected chi connectivity index (χ2v) is 4.95. The number of aliphatic hydroxyl groups excluding tert-OH is 1. The fourth-order valence-corrected chi connectivity index (χ4v) is 2.40. The maximum Gasteiger partial charge on any atom is 0.224 e. The van der Waals surface area contributed by atoms with Gasteiger partial charge in [-0.2, -0.15) is 0 Å². The van der Waals surface area contributed by atoms with Crippen molar-refractivity contribution < 1.29 is 9.90 Å². The molecule has 2 rings (SSSR count). The zero-order chi connectivity index (χ0) is 13.1. The zero-order valence-corrected chi connectivity index (χ0v) is 10.7. The highest BCUT2D eigenvalue weighted by molar-refractivity contribution is 5.77. The molecule has 0 aromatic heterocycles. The summed E-state index contributed by atoms with van der Waals surface area (Å²) in [4.78, 5) is 13.7. The fourth-order valence-electron chi connectivity index (χ4n) is 2.40. The van der Waals surface area contributed by atoms with Crippen molar-refractivity contribution in [2.75, 3.05) is 13.1 Å². The number of amides is 1. The molecule has 1 heterocycles. The van der Waals surface area contributed by atoms with Gasteiger partial charge in [0.2, 0.25) is 5.91 Å². The molecule has 1 fully saturated rings. The van der Waals surface area contributed by atoms with E-state index in [9.17, 15) is 9.90 Å². The SMILES string of the molecule is Cc1ccccc1[C@@H](N)CC(=O)N1CC[C@H](O)C1. The minimum Gasteiger partial charge on any atom is -0.391 e. The maximum absolute atomic E-state index is 12.0. The fraction of sp³-hybridized carbons (Fsp3) is 0.500. The molecule has 0 spiro atoms. The molecule has 1 aliphatic rings. The van der Waals surface area contributed by atoms with Crippen molar-refractivity contribution in [3.8, 4) is 0 Å². The van der Waals surface area contributed by atoms with Gasteiger partial charge < -0.3 is 15.7 Å². The Morgan fingerprint density at radius 1 is 1.56 bits per heavy atom. The molecular formula is C14H20N2O2. The molecule has 0 saturated carbocycles. The predicted molar refractivity (Wildman–Crippen MR) is 69.9 cm³/mol. The molecule has 18 heavy (non-hydrogen) atoms. The van der Waals surface area contributed by atoms with Crippen LogP contribution in [0.2, 0.25) is 0 Å². The van der Waals surface area contributed by atoms with Crippen molar-refractivity contribution in [3.05, 3.63) is 35.4 Å². The van der Waals surface area contributed by atoms with Gasteiger partial charge in [0.05, 0.1) is 6.10 Å². The number of likely N-dealkylation sites (tertiary alicyclic amines) is 1. The first-order chi connectivity index (χ1) is 8.58. The Morgan fingerprint density at radius 2 is 2.28 bits per heavy atom. The minimum atomic E-state index is -0.372. The van der Waals surface area contributed by atoms with E-state index in [2.05, 4.69) is 0 Å². The van der Waals surface area contributed by atoms with E-state index in [1.807, 2.05) is 31.2 Å². The summed E-state index contributed by atoms with van der Waals surface area (Å²) < 4.78 is 0. The lowest BCUT2D eigenvalue weighted by Crippen LogP contribution is -2.32. The van der Waals surface area contributed by atoms with Crippen LogP contribution in [0, 0.1) is 6.92 Å². The third-order valence-electron chi connectivity index (χ3n) is 3.50. The Balaban J connectivity index is 1.97. The number of aryl methyl sites for hydroxylation is 1. The highest BCUT2D eigenvalue weighted by atomic mass is 16.3. The number of hydrogen-bond donors (Lipinski definition) is 2. The number of β-amino-alcohol motifs (C(OH)–C–C–N with tert-alkyl or cyclic N) is 1. The van der Waals surface area contributed by atoms with Crippen molar-refractivity contribution >= 4 is 5.91 Å².